The van der Waals surface area contributed by atoms with Gasteiger partial charge in [0.25, 0.3) is 0 Å². The van der Waals surface area contributed by atoms with E-state index in [1.54, 1.807) is 6.33 Å². The highest BCUT2D eigenvalue weighted by molar-refractivity contribution is 6.35. The number of benzene rings is 1. The topological polar surface area (TPSA) is 42.7 Å². The van der Waals surface area contributed by atoms with E-state index in [9.17, 15) is 0 Å². The number of nitrogens with zero attached hydrogens (tertiary/aromatic N) is 3. The average molecular weight is 271 g/mol. The highest BCUT2D eigenvalue weighted by Gasteiger charge is 2.06. The lowest BCUT2D eigenvalue weighted by atomic mass is 10.2. The van der Waals surface area contributed by atoms with Crippen LogP contribution in [0.15, 0.2) is 18.5 Å². The lowest BCUT2D eigenvalue weighted by Gasteiger charge is -2.09. The fraction of sp³-hybridized carbons (Fsp3) is 0.273. The van der Waals surface area contributed by atoms with E-state index < -0.39 is 0 Å². The molecule has 0 atom stereocenters. The van der Waals surface area contributed by atoms with Crippen molar-refractivity contribution in [2.75, 3.05) is 5.32 Å². The van der Waals surface area contributed by atoms with Gasteiger partial charge in [0.1, 0.15) is 6.33 Å². The molecule has 6 heteroatoms. The monoisotopic (exact) mass is 270 g/mol. The minimum absolute atomic E-state index is 0.551. The molecule has 1 N–H and O–H groups in total. The van der Waals surface area contributed by atoms with Crippen LogP contribution in [0.4, 0.5) is 5.69 Å². The van der Waals surface area contributed by atoms with Crippen LogP contribution in [0.1, 0.15) is 11.4 Å². The molecule has 4 nitrogen and oxygen atoms in total. The molecule has 0 bridgehead atoms. The molecule has 1 aromatic heterocycles. The molecule has 0 fully saturated rings. The standard InChI is InChI=1S/C11H12Cl2N4/c1-7-3-9(13)10(4-8(7)12)14-5-11-16-15-6-17(11)2/h3-4,6,14H,5H2,1-2H3. The number of rotatable bonds is 3. The van der Waals surface area contributed by atoms with Crippen LogP contribution >= 0.6 is 23.2 Å². The van der Waals surface area contributed by atoms with E-state index in [2.05, 4.69) is 15.5 Å². The van der Waals surface area contributed by atoms with Crippen molar-refractivity contribution < 1.29 is 0 Å². The third-order valence-corrected chi connectivity index (χ3v) is 3.21. The molecule has 0 amide bonds. The van der Waals surface area contributed by atoms with Gasteiger partial charge in [-0.1, -0.05) is 23.2 Å². The molecule has 0 aliphatic carbocycles. The number of halogens is 2. The summed E-state index contributed by atoms with van der Waals surface area (Å²) in [5.74, 6) is 0.831. The van der Waals surface area contributed by atoms with E-state index in [4.69, 9.17) is 23.2 Å². The number of aryl methyl sites for hydroxylation is 2. The Morgan fingerprint density at radius 2 is 2.06 bits per heavy atom. The number of anilines is 1. The summed E-state index contributed by atoms with van der Waals surface area (Å²) in [5.41, 5.74) is 1.76. The molecule has 2 rings (SSSR count). The normalized spacial score (nSPS) is 10.6. The fourth-order valence-corrected chi connectivity index (χ4v) is 1.87. The lowest BCUT2D eigenvalue weighted by molar-refractivity contribution is 0.812. The van der Waals surface area contributed by atoms with Crippen LogP contribution in [0.5, 0.6) is 0 Å². The van der Waals surface area contributed by atoms with Gasteiger partial charge in [-0.2, -0.15) is 0 Å². The van der Waals surface area contributed by atoms with Crippen molar-refractivity contribution in [3.05, 3.63) is 39.9 Å². The number of hydrogen-bond acceptors (Lipinski definition) is 3. The van der Waals surface area contributed by atoms with Gasteiger partial charge < -0.3 is 9.88 Å². The van der Waals surface area contributed by atoms with Gasteiger partial charge in [-0.05, 0) is 24.6 Å². The van der Waals surface area contributed by atoms with Crippen molar-refractivity contribution >= 4 is 28.9 Å². The first kappa shape index (κ1) is 12.2. The SMILES string of the molecule is Cc1cc(Cl)c(NCc2nncn2C)cc1Cl. The molecule has 0 saturated carbocycles. The molecule has 0 saturated heterocycles. The molecule has 0 radical (unpaired) electrons. The van der Waals surface area contributed by atoms with Crippen molar-refractivity contribution in [2.45, 2.75) is 13.5 Å². The molecule has 0 aliphatic rings. The Kier molecular flexibility index (Phi) is 3.54. The number of aromatic nitrogens is 3. The van der Waals surface area contributed by atoms with Crippen LogP contribution in [0.3, 0.4) is 0 Å². The van der Waals surface area contributed by atoms with Crippen molar-refractivity contribution in [2.24, 2.45) is 7.05 Å². The summed E-state index contributed by atoms with van der Waals surface area (Å²) in [6.07, 6.45) is 1.65. The zero-order chi connectivity index (χ0) is 12.4. The van der Waals surface area contributed by atoms with Crippen molar-refractivity contribution in [3.63, 3.8) is 0 Å². The second-order valence-electron chi connectivity index (χ2n) is 3.79. The maximum Gasteiger partial charge on any atom is 0.151 e. The third kappa shape index (κ3) is 2.70. The van der Waals surface area contributed by atoms with Crippen molar-refractivity contribution in [1.29, 1.82) is 0 Å². The van der Waals surface area contributed by atoms with Gasteiger partial charge in [0.05, 0.1) is 17.3 Å². The van der Waals surface area contributed by atoms with Crippen LogP contribution in [0.25, 0.3) is 0 Å². The van der Waals surface area contributed by atoms with Crippen molar-refractivity contribution in [1.82, 2.24) is 14.8 Å². The van der Waals surface area contributed by atoms with E-state index in [1.165, 1.54) is 0 Å². The van der Waals surface area contributed by atoms with Crippen LogP contribution in [-0.4, -0.2) is 14.8 Å². The molecule has 17 heavy (non-hydrogen) atoms. The molecule has 0 spiro atoms. The second-order valence-corrected chi connectivity index (χ2v) is 4.61. The lowest BCUT2D eigenvalue weighted by Crippen LogP contribution is -2.06. The van der Waals surface area contributed by atoms with E-state index in [0.717, 1.165) is 17.1 Å². The van der Waals surface area contributed by atoms with Gasteiger partial charge >= 0.3 is 0 Å². The molecular weight excluding hydrogens is 259 g/mol. The largest absolute Gasteiger partial charge is 0.376 e. The molecular formula is C11H12Cl2N4. The van der Waals surface area contributed by atoms with Gasteiger partial charge in [-0.3, -0.25) is 0 Å². The van der Waals surface area contributed by atoms with E-state index >= 15 is 0 Å². The summed E-state index contributed by atoms with van der Waals surface area (Å²) in [6, 6.07) is 3.65. The number of nitrogens with one attached hydrogen (secondary N) is 1. The molecule has 90 valence electrons. The Morgan fingerprint density at radius 3 is 2.71 bits per heavy atom. The third-order valence-electron chi connectivity index (χ3n) is 2.49. The predicted octanol–water partition coefficient (Wildman–Crippen LogP) is 3.04. The Hall–Kier alpha value is -1.26. The summed E-state index contributed by atoms with van der Waals surface area (Å²) >= 11 is 12.2. The summed E-state index contributed by atoms with van der Waals surface area (Å²) in [7, 11) is 1.89. The molecule has 1 aromatic carbocycles. The van der Waals surface area contributed by atoms with Gasteiger partial charge in [0.15, 0.2) is 5.82 Å². The minimum atomic E-state index is 0.551. The predicted molar refractivity (Wildman–Crippen MR) is 69.5 cm³/mol. The fourth-order valence-electron chi connectivity index (χ4n) is 1.42. The highest BCUT2D eigenvalue weighted by Crippen LogP contribution is 2.28. The first-order valence-electron chi connectivity index (χ1n) is 5.10. The maximum absolute atomic E-state index is 6.12. The Balaban J connectivity index is 2.14. The Labute approximate surface area is 110 Å². The smallest absolute Gasteiger partial charge is 0.151 e. The van der Waals surface area contributed by atoms with Crippen LogP contribution < -0.4 is 5.32 Å². The Morgan fingerprint density at radius 1 is 1.29 bits per heavy atom. The summed E-state index contributed by atoms with van der Waals surface area (Å²) in [4.78, 5) is 0. The summed E-state index contributed by atoms with van der Waals surface area (Å²) in [6.45, 7) is 2.47. The quantitative estimate of drug-likeness (QED) is 0.933. The number of hydrogen-bond donors (Lipinski definition) is 1. The van der Waals surface area contributed by atoms with Crippen molar-refractivity contribution in [3.8, 4) is 0 Å². The molecule has 2 aromatic rings. The first-order chi connectivity index (χ1) is 8.08. The van der Waals surface area contributed by atoms with E-state index in [1.807, 2.05) is 30.7 Å². The van der Waals surface area contributed by atoms with Gasteiger partial charge in [-0.15, -0.1) is 10.2 Å². The van der Waals surface area contributed by atoms with Gasteiger partial charge in [0.2, 0.25) is 0 Å². The molecule has 0 aliphatic heterocycles. The first-order valence-corrected chi connectivity index (χ1v) is 5.86. The van der Waals surface area contributed by atoms with Gasteiger partial charge in [0, 0.05) is 12.1 Å². The van der Waals surface area contributed by atoms with Crippen LogP contribution in [0.2, 0.25) is 10.0 Å². The van der Waals surface area contributed by atoms with E-state index in [0.29, 0.717) is 16.6 Å². The van der Waals surface area contributed by atoms with Gasteiger partial charge in [-0.25, -0.2) is 0 Å². The maximum atomic E-state index is 6.12. The summed E-state index contributed by atoms with van der Waals surface area (Å²) < 4.78 is 1.84. The zero-order valence-corrected chi connectivity index (χ0v) is 11.0. The highest BCUT2D eigenvalue weighted by atomic mass is 35.5. The molecule has 1 heterocycles. The molecule has 0 unspecified atom stereocenters. The minimum Gasteiger partial charge on any atom is -0.376 e. The summed E-state index contributed by atoms with van der Waals surface area (Å²) in [5, 5.41) is 12.3. The Bertz CT molecular complexity index is 536. The van der Waals surface area contributed by atoms with E-state index in [-0.39, 0.29) is 0 Å². The average Bonchev–Trinajstić information content (AvgIpc) is 2.68. The van der Waals surface area contributed by atoms with Crippen LogP contribution in [-0.2, 0) is 13.6 Å². The second kappa shape index (κ2) is 4.94. The van der Waals surface area contributed by atoms with Crippen LogP contribution in [0, 0.1) is 6.92 Å². The zero-order valence-electron chi connectivity index (χ0n) is 9.54.